The fourth-order valence-electron chi connectivity index (χ4n) is 3.12. The Bertz CT molecular complexity index is 643. The molecule has 3 rings (SSSR count). The minimum absolute atomic E-state index is 0.166. The van der Waals surface area contributed by atoms with Gasteiger partial charge in [-0.15, -0.1) is 0 Å². The lowest BCUT2D eigenvalue weighted by molar-refractivity contribution is 0.653. The quantitative estimate of drug-likeness (QED) is 0.887. The van der Waals surface area contributed by atoms with Gasteiger partial charge in [-0.25, -0.2) is 0 Å². The molecule has 1 aliphatic heterocycles. The third kappa shape index (κ3) is 4.20. The third-order valence-corrected chi connectivity index (χ3v) is 4.51. The van der Waals surface area contributed by atoms with Crippen LogP contribution in [0.5, 0.6) is 0 Å². The minimum Gasteiger partial charge on any atom is -0.383 e. The number of nitrogens with zero attached hydrogens (tertiary/aromatic N) is 2. The molecule has 0 radical (unpaired) electrons. The highest BCUT2D eigenvalue weighted by Crippen LogP contribution is 2.22. The number of hydrogen-bond acceptors (Lipinski definition) is 4. The van der Waals surface area contributed by atoms with Gasteiger partial charge in [0.1, 0.15) is 0 Å². The van der Waals surface area contributed by atoms with E-state index in [-0.39, 0.29) is 6.04 Å². The van der Waals surface area contributed by atoms with Crippen molar-refractivity contribution in [1.82, 2.24) is 0 Å². The Morgan fingerprint density at radius 3 is 2.17 bits per heavy atom. The zero-order valence-corrected chi connectivity index (χ0v) is 14.7. The Kier molecular flexibility index (Phi) is 5.26. The molecule has 1 saturated heterocycles. The Hall–Kier alpha value is -2.20. The molecule has 0 bridgehead atoms. The molecule has 1 fully saturated rings. The summed E-state index contributed by atoms with van der Waals surface area (Å²) in [5.41, 5.74) is 10.9. The van der Waals surface area contributed by atoms with Crippen LogP contribution in [0.15, 0.2) is 48.5 Å². The SMILES string of the molecule is Cc1cccc(N2CCN(c3ccc(NCC(C)N)cc3)CC2)c1. The number of anilines is 3. The van der Waals surface area contributed by atoms with Crippen molar-refractivity contribution in [2.45, 2.75) is 19.9 Å². The van der Waals surface area contributed by atoms with Crippen molar-refractivity contribution in [3.63, 3.8) is 0 Å². The van der Waals surface area contributed by atoms with Crippen molar-refractivity contribution < 1.29 is 0 Å². The van der Waals surface area contributed by atoms with E-state index in [4.69, 9.17) is 5.73 Å². The van der Waals surface area contributed by atoms with E-state index in [0.717, 1.165) is 38.4 Å². The normalized spacial score (nSPS) is 16.1. The fourth-order valence-corrected chi connectivity index (χ4v) is 3.12. The lowest BCUT2D eigenvalue weighted by atomic mass is 10.1. The Morgan fingerprint density at radius 1 is 0.958 bits per heavy atom. The third-order valence-electron chi connectivity index (χ3n) is 4.51. The van der Waals surface area contributed by atoms with Gasteiger partial charge in [-0.2, -0.15) is 0 Å². The van der Waals surface area contributed by atoms with Crippen LogP contribution in [0.2, 0.25) is 0 Å². The number of nitrogens with two attached hydrogens (primary N) is 1. The molecule has 2 aromatic rings. The van der Waals surface area contributed by atoms with E-state index in [1.54, 1.807) is 0 Å². The van der Waals surface area contributed by atoms with Gasteiger partial charge in [0.2, 0.25) is 0 Å². The minimum atomic E-state index is 0.166. The van der Waals surface area contributed by atoms with Crippen molar-refractivity contribution in [1.29, 1.82) is 0 Å². The van der Waals surface area contributed by atoms with Gasteiger partial charge in [0, 0.05) is 55.8 Å². The molecule has 1 aliphatic rings. The van der Waals surface area contributed by atoms with Crippen LogP contribution < -0.4 is 20.9 Å². The molecule has 24 heavy (non-hydrogen) atoms. The lowest BCUT2D eigenvalue weighted by Gasteiger charge is -2.37. The topological polar surface area (TPSA) is 44.5 Å². The maximum Gasteiger partial charge on any atom is 0.0370 e. The largest absolute Gasteiger partial charge is 0.383 e. The number of aryl methyl sites for hydroxylation is 1. The van der Waals surface area contributed by atoms with Gasteiger partial charge in [-0.05, 0) is 55.8 Å². The van der Waals surface area contributed by atoms with E-state index < -0.39 is 0 Å². The van der Waals surface area contributed by atoms with Gasteiger partial charge in [-0.1, -0.05) is 12.1 Å². The number of piperazine rings is 1. The van der Waals surface area contributed by atoms with Crippen LogP contribution in [0, 0.1) is 6.92 Å². The molecule has 0 amide bonds. The monoisotopic (exact) mass is 324 g/mol. The number of benzene rings is 2. The molecule has 3 N–H and O–H groups in total. The maximum atomic E-state index is 5.78. The van der Waals surface area contributed by atoms with Crippen LogP contribution >= 0.6 is 0 Å². The highest BCUT2D eigenvalue weighted by Gasteiger charge is 2.17. The smallest absolute Gasteiger partial charge is 0.0370 e. The molecule has 0 spiro atoms. The van der Waals surface area contributed by atoms with Gasteiger partial charge in [0.05, 0.1) is 0 Å². The number of hydrogen-bond donors (Lipinski definition) is 2. The lowest BCUT2D eigenvalue weighted by Crippen LogP contribution is -2.46. The molecule has 128 valence electrons. The maximum absolute atomic E-state index is 5.78. The fraction of sp³-hybridized carbons (Fsp3) is 0.400. The summed E-state index contributed by atoms with van der Waals surface area (Å²) in [6.45, 7) is 9.20. The van der Waals surface area contributed by atoms with E-state index >= 15 is 0 Å². The van der Waals surface area contributed by atoms with E-state index in [0.29, 0.717) is 0 Å². The average Bonchev–Trinajstić information content (AvgIpc) is 2.60. The summed E-state index contributed by atoms with van der Waals surface area (Å²) in [6, 6.07) is 17.6. The summed E-state index contributed by atoms with van der Waals surface area (Å²) in [6.07, 6.45) is 0. The molecule has 4 nitrogen and oxygen atoms in total. The van der Waals surface area contributed by atoms with Crippen LogP contribution in [0.25, 0.3) is 0 Å². The van der Waals surface area contributed by atoms with E-state index in [9.17, 15) is 0 Å². The highest BCUT2D eigenvalue weighted by molar-refractivity contribution is 5.57. The molecule has 4 heteroatoms. The molecular formula is C20H28N4. The van der Waals surface area contributed by atoms with Gasteiger partial charge in [0.25, 0.3) is 0 Å². The number of nitrogens with one attached hydrogen (secondary N) is 1. The molecular weight excluding hydrogens is 296 g/mol. The zero-order chi connectivity index (χ0) is 16.9. The summed E-state index contributed by atoms with van der Waals surface area (Å²) in [7, 11) is 0. The second-order valence-corrected chi connectivity index (χ2v) is 6.72. The second kappa shape index (κ2) is 7.58. The van der Waals surface area contributed by atoms with E-state index in [2.05, 4.69) is 70.6 Å². The molecule has 1 heterocycles. The second-order valence-electron chi connectivity index (χ2n) is 6.72. The van der Waals surface area contributed by atoms with Crippen LogP contribution in [-0.2, 0) is 0 Å². The van der Waals surface area contributed by atoms with Gasteiger partial charge >= 0.3 is 0 Å². The first-order valence-electron chi connectivity index (χ1n) is 8.78. The van der Waals surface area contributed by atoms with Crippen molar-refractivity contribution in [2.24, 2.45) is 5.73 Å². The summed E-state index contributed by atoms with van der Waals surface area (Å²) >= 11 is 0. The van der Waals surface area contributed by atoms with Gasteiger partial charge in [-0.3, -0.25) is 0 Å². The number of rotatable bonds is 5. The van der Waals surface area contributed by atoms with Crippen molar-refractivity contribution in [2.75, 3.05) is 47.8 Å². The van der Waals surface area contributed by atoms with Crippen LogP contribution in [0.4, 0.5) is 17.1 Å². The van der Waals surface area contributed by atoms with Gasteiger partial charge in [0.15, 0.2) is 0 Å². The summed E-state index contributed by atoms with van der Waals surface area (Å²) in [5.74, 6) is 0. The predicted molar refractivity (Wildman–Crippen MR) is 104 cm³/mol. The molecule has 0 saturated carbocycles. The van der Waals surface area contributed by atoms with Crippen LogP contribution in [0.1, 0.15) is 12.5 Å². The van der Waals surface area contributed by atoms with Crippen molar-refractivity contribution in [3.8, 4) is 0 Å². The van der Waals surface area contributed by atoms with Crippen LogP contribution in [0.3, 0.4) is 0 Å². The molecule has 2 aromatic carbocycles. The molecule has 1 unspecified atom stereocenters. The van der Waals surface area contributed by atoms with Gasteiger partial charge < -0.3 is 20.9 Å². The first-order valence-corrected chi connectivity index (χ1v) is 8.78. The first-order chi connectivity index (χ1) is 11.6. The summed E-state index contributed by atoms with van der Waals surface area (Å²) in [4.78, 5) is 4.93. The standard InChI is InChI=1S/C20H28N4/c1-16-4-3-5-20(14-16)24-12-10-23(11-13-24)19-8-6-18(7-9-19)22-15-17(2)21/h3-9,14,17,22H,10-13,15,21H2,1-2H3. The average molecular weight is 324 g/mol. The Balaban J connectivity index is 1.56. The summed E-state index contributed by atoms with van der Waals surface area (Å²) < 4.78 is 0. The molecule has 1 atom stereocenters. The van der Waals surface area contributed by atoms with Crippen molar-refractivity contribution >= 4 is 17.1 Å². The first kappa shape index (κ1) is 16.7. The zero-order valence-electron chi connectivity index (χ0n) is 14.7. The molecule has 0 aliphatic carbocycles. The van der Waals surface area contributed by atoms with Crippen molar-refractivity contribution in [3.05, 3.63) is 54.1 Å². The predicted octanol–water partition coefficient (Wildman–Crippen LogP) is 3.08. The Morgan fingerprint density at radius 2 is 1.58 bits per heavy atom. The Labute approximate surface area is 145 Å². The van der Waals surface area contributed by atoms with E-state index in [1.165, 1.54) is 16.9 Å². The molecule has 0 aromatic heterocycles. The summed E-state index contributed by atoms with van der Waals surface area (Å²) in [5, 5.41) is 3.36. The highest BCUT2D eigenvalue weighted by atomic mass is 15.3. The van der Waals surface area contributed by atoms with Crippen LogP contribution in [-0.4, -0.2) is 38.8 Å². The van der Waals surface area contributed by atoms with E-state index in [1.807, 2.05) is 6.92 Å².